The van der Waals surface area contributed by atoms with E-state index in [4.69, 9.17) is 0 Å². The molecule has 2 aliphatic rings. The third kappa shape index (κ3) is 6.71. The number of benzene rings is 1. The summed E-state index contributed by atoms with van der Waals surface area (Å²) in [6, 6.07) is 4.07. The summed E-state index contributed by atoms with van der Waals surface area (Å²) in [4.78, 5) is 53.8. The second kappa shape index (κ2) is 12.7. The molecule has 0 aromatic heterocycles. The Morgan fingerprint density at radius 2 is 1.75 bits per heavy atom. The smallest absolute Gasteiger partial charge is 0.334 e. The SMILES string of the molecule is CCCCCCCCN1C[C@H]2N(C(=O)CN(C)N2C(=O)NCc2ccc(F)cc2)[C@@H](CC(=O)O)C1=O. The predicted octanol–water partition coefficient (Wildman–Crippen LogP) is 2.40. The molecule has 0 unspecified atom stereocenters. The van der Waals surface area contributed by atoms with Crippen molar-refractivity contribution < 1.29 is 28.7 Å². The second-order valence-electron chi connectivity index (χ2n) is 9.39. The number of carbonyl (C=O) groups excluding carboxylic acids is 3. The average molecular weight is 506 g/mol. The molecule has 1 aromatic carbocycles. The van der Waals surface area contributed by atoms with Gasteiger partial charge in [0.05, 0.1) is 19.5 Å². The maximum atomic E-state index is 13.2. The van der Waals surface area contributed by atoms with Crippen molar-refractivity contribution >= 4 is 23.8 Å². The number of hydrazine groups is 1. The Morgan fingerprint density at radius 1 is 1.08 bits per heavy atom. The fourth-order valence-electron chi connectivity index (χ4n) is 4.82. The molecule has 0 saturated carbocycles. The Kier molecular flexibility index (Phi) is 9.63. The van der Waals surface area contributed by atoms with Gasteiger partial charge < -0.3 is 20.2 Å². The van der Waals surface area contributed by atoms with Gasteiger partial charge in [0.2, 0.25) is 11.8 Å². The number of hydrogen-bond acceptors (Lipinski definition) is 5. The number of urea groups is 1. The largest absolute Gasteiger partial charge is 0.481 e. The number of carboxylic acids is 1. The molecule has 2 saturated heterocycles. The van der Waals surface area contributed by atoms with Gasteiger partial charge in [0.25, 0.3) is 0 Å². The summed E-state index contributed by atoms with van der Waals surface area (Å²) in [6.07, 6.45) is 4.85. The molecule has 0 aliphatic carbocycles. The predicted molar refractivity (Wildman–Crippen MR) is 130 cm³/mol. The quantitative estimate of drug-likeness (QED) is 0.447. The number of unbranched alkanes of at least 4 members (excludes halogenated alkanes) is 5. The van der Waals surface area contributed by atoms with E-state index >= 15 is 0 Å². The zero-order valence-electron chi connectivity index (χ0n) is 21.0. The Hall–Kier alpha value is -3.21. The number of hydrogen-bond donors (Lipinski definition) is 2. The molecule has 2 aliphatic heterocycles. The molecule has 2 fully saturated rings. The molecule has 0 spiro atoms. The summed E-state index contributed by atoms with van der Waals surface area (Å²) in [5.74, 6) is -2.36. The molecule has 0 bridgehead atoms. The molecule has 3 rings (SSSR count). The van der Waals surface area contributed by atoms with Gasteiger partial charge in [-0.2, -0.15) is 0 Å². The molecular formula is C25H36FN5O5. The van der Waals surface area contributed by atoms with Crippen LogP contribution in [0.4, 0.5) is 9.18 Å². The lowest BCUT2D eigenvalue weighted by Gasteiger charge is -2.54. The van der Waals surface area contributed by atoms with Gasteiger partial charge in [0.15, 0.2) is 0 Å². The van der Waals surface area contributed by atoms with Crippen molar-refractivity contribution in [3.8, 4) is 0 Å². The van der Waals surface area contributed by atoms with Crippen molar-refractivity contribution in [1.82, 2.24) is 25.1 Å². The zero-order chi connectivity index (χ0) is 26.2. The van der Waals surface area contributed by atoms with Crippen LogP contribution in [0.15, 0.2) is 24.3 Å². The molecule has 2 heterocycles. The van der Waals surface area contributed by atoms with Gasteiger partial charge in [0, 0.05) is 20.1 Å². The average Bonchev–Trinajstić information content (AvgIpc) is 2.82. The van der Waals surface area contributed by atoms with Crippen molar-refractivity contribution in [1.29, 1.82) is 0 Å². The molecule has 0 radical (unpaired) electrons. The monoisotopic (exact) mass is 505 g/mol. The first-order valence-corrected chi connectivity index (χ1v) is 12.6. The first kappa shape index (κ1) is 27.4. The molecule has 36 heavy (non-hydrogen) atoms. The molecule has 198 valence electrons. The van der Waals surface area contributed by atoms with Crippen LogP contribution >= 0.6 is 0 Å². The van der Waals surface area contributed by atoms with Crippen molar-refractivity contribution in [2.75, 3.05) is 26.7 Å². The Morgan fingerprint density at radius 3 is 2.42 bits per heavy atom. The van der Waals surface area contributed by atoms with E-state index in [9.17, 15) is 28.7 Å². The van der Waals surface area contributed by atoms with Gasteiger partial charge in [-0.25, -0.2) is 19.2 Å². The van der Waals surface area contributed by atoms with Gasteiger partial charge in [-0.3, -0.25) is 14.4 Å². The summed E-state index contributed by atoms with van der Waals surface area (Å²) in [5, 5.41) is 15.1. The van der Waals surface area contributed by atoms with E-state index in [-0.39, 0.29) is 25.5 Å². The Balaban J connectivity index is 1.76. The maximum absolute atomic E-state index is 13.2. The van der Waals surface area contributed by atoms with E-state index < -0.39 is 42.4 Å². The summed E-state index contributed by atoms with van der Waals surface area (Å²) in [5.41, 5.74) is 0.699. The number of nitrogens with zero attached hydrogens (tertiary/aromatic N) is 4. The number of amides is 4. The van der Waals surface area contributed by atoms with E-state index in [2.05, 4.69) is 12.2 Å². The maximum Gasteiger partial charge on any atom is 0.334 e. The lowest BCUT2D eigenvalue weighted by molar-refractivity contribution is -0.188. The standard InChI is InChI=1S/C25H36FN5O5/c1-3-4-5-6-7-8-13-29-16-21-30(20(24(29)35)14-23(33)34)22(32)17-28(2)31(21)25(36)27-15-18-9-11-19(26)12-10-18/h9-12,20-21H,3-8,13-17H2,1-2H3,(H,27,36)(H,33,34)/t20-,21-/m0/s1. The number of rotatable bonds is 11. The van der Waals surface area contributed by atoms with Gasteiger partial charge in [-0.15, -0.1) is 0 Å². The van der Waals surface area contributed by atoms with Crippen molar-refractivity contribution in [2.45, 2.75) is 70.6 Å². The number of carbonyl (C=O) groups is 4. The lowest BCUT2D eigenvalue weighted by atomic mass is 10.0. The molecule has 4 amide bonds. The minimum Gasteiger partial charge on any atom is -0.481 e. The first-order chi connectivity index (χ1) is 17.2. The minimum atomic E-state index is -1.19. The van der Waals surface area contributed by atoms with E-state index in [1.165, 1.54) is 27.1 Å². The zero-order valence-corrected chi connectivity index (χ0v) is 21.0. The number of fused-ring (bicyclic) bond motifs is 1. The van der Waals surface area contributed by atoms with Crippen LogP contribution in [0, 0.1) is 5.82 Å². The highest BCUT2D eigenvalue weighted by Gasteiger charge is 2.51. The van der Waals surface area contributed by atoms with Crippen molar-refractivity contribution in [3.05, 3.63) is 35.6 Å². The normalized spacial score (nSPS) is 20.5. The third-order valence-electron chi connectivity index (χ3n) is 6.65. The number of halogens is 1. The van der Waals surface area contributed by atoms with Crippen LogP contribution in [0.25, 0.3) is 0 Å². The van der Waals surface area contributed by atoms with Crippen LogP contribution in [0.2, 0.25) is 0 Å². The van der Waals surface area contributed by atoms with Crippen LogP contribution < -0.4 is 5.32 Å². The van der Waals surface area contributed by atoms with Crippen molar-refractivity contribution in [3.63, 3.8) is 0 Å². The van der Waals surface area contributed by atoms with Crippen molar-refractivity contribution in [2.24, 2.45) is 0 Å². The summed E-state index contributed by atoms with van der Waals surface area (Å²) < 4.78 is 13.2. The first-order valence-electron chi connectivity index (χ1n) is 12.6. The molecule has 1 aromatic rings. The van der Waals surface area contributed by atoms with Crippen LogP contribution in [0.3, 0.4) is 0 Å². The number of likely N-dealkylation sites (N-methyl/N-ethyl adjacent to an activating group) is 1. The third-order valence-corrected chi connectivity index (χ3v) is 6.65. The fraction of sp³-hybridized carbons (Fsp3) is 0.600. The van der Waals surface area contributed by atoms with Crippen LogP contribution in [0.5, 0.6) is 0 Å². The molecule has 2 N–H and O–H groups in total. The number of aliphatic carboxylic acids is 1. The van der Waals surface area contributed by atoms with Crippen LogP contribution in [0.1, 0.15) is 57.4 Å². The molecule has 2 atom stereocenters. The highest BCUT2D eigenvalue weighted by atomic mass is 19.1. The highest BCUT2D eigenvalue weighted by Crippen LogP contribution is 2.27. The van der Waals surface area contributed by atoms with Gasteiger partial charge >= 0.3 is 12.0 Å². The van der Waals surface area contributed by atoms with E-state index in [1.54, 1.807) is 24.1 Å². The minimum absolute atomic E-state index is 0.101. The van der Waals surface area contributed by atoms with Crippen LogP contribution in [-0.4, -0.2) is 87.6 Å². The number of piperazine rings is 1. The topological polar surface area (TPSA) is 114 Å². The number of nitrogens with one attached hydrogen (secondary N) is 1. The van der Waals surface area contributed by atoms with Gasteiger partial charge in [0.1, 0.15) is 18.0 Å². The van der Waals surface area contributed by atoms with Crippen LogP contribution in [-0.2, 0) is 20.9 Å². The molecular weight excluding hydrogens is 469 g/mol. The Bertz CT molecular complexity index is 943. The van der Waals surface area contributed by atoms with Gasteiger partial charge in [-0.05, 0) is 24.1 Å². The second-order valence-corrected chi connectivity index (χ2v) is 9.39. The van der Waals surface area contributed by atoms with E-state index in [1.807, 2.05) is 0 Å². The fourth-order valence-corrected chi connectivity index (χ4v) is 4.82. The molecule has 11 heteroatoms. The highest BCUT2D eigenvalue weighted by molar-refractivity contribution is 5.93. The number of carboxylic acid groups (broad SMARTS) is 1. The Labute approximate surface area is 211 Å². The summed E-state index contributed by atoms with van der Waals surface area (Å²) in [6.45, 7) is 2.66. The lowest BCUT2D eigenvalue weighted by Crippen LogP contribution is -2.76. The van der Waals surface area contributed by atoms with E-state index in [0.717, 1.165) is 38.5 Å². The molecule has 10 nitrogen and oxygen atoms in total. The van der Waals surface area contributed by atoms with E-state index in [0.29, 0.717) is 12.1 Å². The summed E-state index contributed by atoms with van der Waals surface area (Å²) in [7, 11) is 1.60. The summed E-state index contributed by atoms with van der Waals surface area (Å²) >= 11 is 0. The van der Waals surface area contributed by atoms with Gasteiger partial charge in [-0.1, -0.05) is 51.2 Å².